The fourth-order valence-electron chi connectivity index (χ4n) is 3.42. The highest BCUT2D eigenvalue weighted by Gasteiger charge is 2.31. The lowest BCUT2D eigenvalue weighted by Gasteiger charge is -2.25. The van der Waals surface area contributed by atoms with Gasteiger partial charge in [-0.2, -0.15) is 12.6 Å². The number of nitrogens with one attached hydrogen (secondary N) is 3. The molecule has 0 aliphatic carbocycles. The van der Waals surface area contributed by atoms with Gasteiger partial charge < -0.3 is 37.0 Å². The normalized spacial score (nSPS) is 13.8. The summed E-state index contributed by atoms with van der Waals surface area (Å²) < 4.78 is 0. The van der Waals surface area contributed by atoms with Crippen molar-refractivity contribution in [3.63, 3.8) is 0 Å². The Balaban J connectivity index is 2.27. The van der Waals surface area contributed by atoms with Gasteiger partial charge in [-0.1, -0.05) is 42.5 Å². The molecule has 2 aromatic rings. The van der Waals surface area contributed by atoms with E-state index < -0.39 is 60.2 Å². The van der Waals surface area contributed by atoms with Crippen LogP contribution in [0.25, 0.3) is 0 Å². The number of rotatable bonds is 14. The van der Waals surface area contributed by atoms with Gasteiger partial charge in [-0.3, -0.25) is 19.2 Å². The van der Waals surface area contributed by atoms with E-state index in [0.29, 0.717) is 11.1 Å². The molecule has 2 aromatic carbocycles. The second kappa shape index (κ2) is 14.6. The zero-order valence-corrected chi connectivity index (χ0v) is 21.1. The minimum absolute atomic E-state index is 0.0267. The fraction of sp³-hybridized carbons (Fsp3) is 0.320. The van der Waals surface area contributed by atoms with Crippen molar-refractivity contribution in [2.75, 3.05) is 5.75 Å². The SMILES string of the molecule is NC(CS)C(=O)NC(CC(=O)O)C(=O)NC(Cc1ccc(O)cc1)C(=O)NC(Cc1ccccc1)C(=O)O. The Hall–Kier alpha value is -4.10. The minimum atomic E-state index is -1.57. The lowest BCUT2D eigenvalue weighted by atomic mass is 10.0. The van der Waals surface area contributed by atoms with E-state index in [1.54, 1.807) is 30.3 Å². The quantitative estimate of drug-likeness (QED) is 0.143. The maximum Gasteiger partial charge on any atom is 0.326 e. The van der Waals surface area contributed by atoms with Crippen LogP contribution < -0.4 is 21.7 Å². The van der Waals surface area contributed by atoms with E-state index in [4.69, 9.17) is 5.73 Å². The topological polar surface area (TPSA) is 208 Å². The Labute approximate surface area is 224 Å². The lowest BCUT2D eigenvalue weighted by molar-refractivity contribution is -0.143. The molecule has 0 saturated heterocycles. The maximum absolute atomic E-state index is 13.2. The molecule has 0 heterocycles. The van der Waals surface area contributed by atoms with Gasteiger partial charge in [0.05, 0.1) is 12.5 Å². The third-order valence-electron chi connectivity index (χ3n) is 5.45. The van der Waals surface area contributed by atoms with Gasteiger partial charge in [0.15, 0.2) is 0 Å². The van der Waals surface area contributed by atoms with Crippen molar-refractivity contribution in [2.24, 2.45) is 5.73 Å². The molecule has 0 fully saturated rings. The highest BCUT2D eigenvalue weighted by atomic mass is 32.1. The molecule has 204 valence electrons. The summed E-state index contributed by atoms with van der Waals surface area (Å²) in [6.07, 6.45) is -0.948. The van der Waals surface area contributed by atoms with Crippen LogP contribution in [-0.2, 0) is 36.8 Å². The summed E-state index contributed by atoms with van der Waals surface area (Å²) >= 11 is 3.91. The number of phenols is 1. The molecule has 0 saturated carbocycles. The number of nitrogens with two attached hydrogens (primary N) is 1. The van der Waals surface area contributed by atoms with E-state index in [-0.39, 0.29) is 24.3 Å². The van der Waals surface area contributed by atoms with Gasteiger partial charge in [0, 0.05) is 18.6 Å². The van der Waals surface area contributed by atoms with Gasteiger partial charge in [-0.25, -0.2) is 4.79 Å². The summed E-state index contributed by atoms with van der Waals surface area (Å²) in [6.45, 7) is 0. The Bertz CT molecular complexity index is 1130. The van der Waals surface area contributed by atoms with Crippen LogP contribution in [0.3, 0.4) is 0 Å². The first kappa shape index (κ1) is 30.1. The van der Waals surface area contributed by atoms with E-state index in [2.05, 4.69) is 28.6 Å². The molecule has 0 aliphatic heterocycles. The Morgan fingerprint density at radius 3 is 1.79 bits per heavy atom. The van der Waals surface area contributed by atoms with Crippen LogP contribution in [-0.4, -0.2) is 74.9 Å². The monoisotopic (exact) mass is 546 g/mol. The Morgan fingerprint density at radius 2 is 1.24 bits per heavy atom. The summed E-state index contributed by atoms with van der Waals surface area (Å²) in [5.74, 6) is -5.42. The van der Waals surface area contributed by atoms with E-state index in [9.17, 15) is 39.3 Å². The highest BCUT2D eigenvalue weighted by Crippen LogP contribution is 2.12. The zero-order valence-electron chi connectivity index (χ0n) is 20.2. The lowest BCUT2D eigenvalue weighted by Crippen LogP contribution is -2.58. The van der Waals surface area contributed by atoms with Crippen molar-refractivity contribution in [3.05, 3.63) is 65.7 Å². The maximum atomic E-state index is 13.2. The largest absolute Gasteiger partial charge is 0.508 e. The van der Waals surface area contributed by atoms with Crippen molar-refractivity contribution in [1.82, 2.24) is 16.0 Å². The summed E-state index contributed by atoms with van der Waals surface area (Å²) in [6, 6.07) is 9.00. The van der Waals surface area contributed by atoms with Gasteiger partial charge in [-0.15, -0.1) is 0 Å². The number of thiol groups is 1. The molecule has 12 nitrogen and oxygen atoms in total. The third kappa shape index (κ3) is 9.75. The number of aromatic hydroxyl groups is 1. The van der Waals surface area contributed by atoms with Crippen molar-refractivity contribution >= 4 is 42.3 Å². The van der Waals surface area contributed by atoms with Crippen LogP contribution in [0.5, 0.6) is 5.75 Å². The van der Waals surface area contributed by atoms with Gasteiger partial charge in [0.1, 0.15) is 23.9 Å². The summed E-state index contributed by atoms with van der Waals surface area (Å²) in [5.41, 5.74) is 6.76. The Morgan fingerprint density at radius 1 is 0.737 bits per heavy atom. The molecule has 0 radical (unpaired) electrons. The average molecular weight is 547 g/mol. The number of carbonyl (C=O) groups is 5. The summed E-state index contributed by atoms with van der Waals surface area (Å²) in [4.78, 5) is 61.6. The third-order valence-corrected chi connectivity index (χ3v) is 5.84. The van der Waals surface area contributed by atoms with Crippen molar-refractivity contribution in [2.45, 2.75) is 43.4 Å². The molecule has 13 heteroatoms. The molecule has 0 bridgehead atoms. The number of aliphatic carboxylic acids is 2. The molecule has 0 aromatic heterocycles. The predicted octanol–water partition coefficient (Wildman–Crippen LogP) is -0.552. The van der Waals surface area contributed by atoms with Gasteiger partial charge in [0.2, 0.25) is 17.7 Å². The number of benzene rings is 2. The van der Waals surface area contributed by atoms with Crippen LogP contribution in [0.15, 0.2) is 54.6 Å². The first-order chi connectivity index (χ1) is 18.0. The molecule has 0 spiro atoms. The van der Waals surface area contributed by atoms with Crippen LogP contribution in [0, 0.1) is 0 Å². The van der Waals surface area contributed by atoms with Crippen molar-refractivity contribution < 1.29 is 39.3 Å². The number of amides is 3. The second-order valence-electron chi connectivity index (χ2n) is 8.47. The smallest absolute Gasteiger partial charge is 0.326 e. The van der Waals surface area contributed by atoms with Crippen LogP contribution in [0.2, 0.25) is 0 Å². The molecule has 0 aliphatic rings. The van der Waals surface area contributed by atoms with Gasteiger partial charge in [0.25, 0.3) is 0 Å². The second-order valence-corrected chi connectivity index (χ2v) is 8.83. The van der Waals surface area contributed by atoms with E-state index in [0.717, 1.165) is 0 Å². The zero-order chi connectivity index (χ0) is 28.2. The van der Waals surface area contributed by atoms with E-state index in [1.165, 1.54) is 24.3 Å². The number of hydrogen-bond acceptors (Lipinski definition) is 8. The molecule has 4 unspecified atom stereocenters. The molecule has 2 rings (SSSR count). The average Bonchev–Trinajstić information content (AvgIpc) is 2.88. The first-order valence-corrected chi connectivity index (χ1v) is 12.2. The number of carboxylic acid groups (broad SMARTS) is 2. The van der Waals surface area contributed by atoms with Crippen LogP contribution >= 0.6 is 12.6 Å². The van der Waals surface area contributed by atoms with Gasteiger partial charge in [-0.05, 0) is 23.3 Å². The van der Waals surface area contributed by atoms with Crippen molar-refractivity contribution in [1.29, 1.82) is 0 Å². The first-order valence-electron chi connectivity index (χ1n) is 11.5. The standard InChI is InChI=1S/C25H30N4O8S/c26-17(13-38)22(33)27-19(12-21(31)32)24(35)28-18(10-15-6-8-16(30)9-7-15)23(34)29-20(25(36)37)11-14-4-2-1-3-5-14/h1-9,17-20,30,38H,10-13,26H2,(H,27,33)(H,28,35)(H,29,34)(H,31,32)(H,36,37). The molecule has 4 atom stereocenters. The van der Waals surface area contributed by atoms with Crippen LogP contribution in [0.4, 0.5) is 0 Å². The molecule has 38 heavy (non-hydrogen) atoms. The number of carboxylic acids is 2. The van der Waals surface area contributed by atoms with E-state index >= 15 is 0 Å². The van der Waals surface area contributed by atoms with Crippen LogP contribution in [0.1, 0.15) is 17.5 Å². The number of hydrogen-bond donors (Lipinski definition) is 8. The Kier molecular flexibility index (Phi) is 11.6. The fourth-order valence-corrected chi connectivity index (χ4v) is 3.58. The predicted molar refractivity (Wildman–Crippen MR) is 139 cm³/mol. The molecule has 8 N–H and O–H groups in total. The molecular formula is C25H30N4O8S. The van der Waals surface area contributed by atoms with Gasteiger partial charge >= 0.3 is 11.9 Å². The van der Waals surface area contributed by atoms with E-state index in [1.807, 2.05) is 0 Å². The van der Waals surface area contributed by atoms with Crippen molar-refractivity contribution in [3.8, 4) is 5.75 Å². The molecular weight excluding hydrogens is 516 g/mol. The number of phenolic OH excluding ortho intramolecular Hbond substituents is 1. The minimum Gasteiger partial charge on any atom is -0.508 e. The number of carbonyl (C=O) groups excluding carboxylic acids is 3. The summed E-state index contributed by atoms with van der Waals surface area (Å²) in [5, 5.41) is 35.5. The summed E-state index contributed by atoms with van der Waals surface area (Å²) in [7, 11) is 0. The highest BCUT2D eigenvalue weighted by molar-refractivity contribution is 7.80. The molecule has 3 amide bonds.